The molecule has 86 valence electrons. The number of nitrogens with zero attached hydrogens (tertiary/aromatic N) is 1. The molecule has 1 rings (SSSR count). The van der Waals surface area contributed by atoms with Gasteiger partial charge in [0, 0.05) is 31.6 Å². The quantitative estimate of drug-likeness (QED) is 0.632. The molecule has 0 bridgehead atoms. The van der Waals surface area contributed by atoms with Gasteiger partial charge < -0.3 is 10.1 Å². The summed E-state index contributed by atoms with van der Waals surface area (Å²) in [5, 5.41) is 3.30. The van der Waals surface area contributed by atoms with Crippen molar-refractivity contribution >= 4 is 0 Å². The highest BCUT2D eigenvalue weighted by Gasteiger charge is 2.27. The molecular weight excluding hydrogens is 188 g/mol. The third-order valence-corrected chi connectivity index (χ3v) is 2.84. The number of likely N-dealkylation sites (N-methyl/N-ethyl adjacent to an activating group) is 1. The number of nitrogens with one attached hydrogen (secondary N) is 1. The lowest BCUT2D eigenvalue weighted by Crippen LogP contribution is -2.40. The summed E-state index contributed by atoms with van der Waals surface area (Å²) in [6.07, 6.45) is 3.88. The second kappa shape index (κ2) is 6.77. The first-order chi connectivity index (χ1) is 7.31. The standard InChI is InChI=1S/C12H22N2O/c1-4-6-14(7-5-2)8-11-9-15-10-12(11)13-3/h4-5,11-13H,1-2,6-10H2,3H3. The van der Waals surface area contributed by atoms with Crippen LogP contribution < -0.4 is 5.32 Å². The molecule has 1 aliphatic rings. The van der Waals surface area contributed by atoms with E-state index in [0.717, 1.165) is 32.8 Å². The summed E-state index contributed by atoms with van der Waals surface area (Å²) < 4.78 is 5.48. The van der Waals surface area contributed by atoms with Crippen LogP contribution in [0.15, 0.2) is 25.3 Å². The molecule has 0 aromatic carbocycles. The van der Waals surface area contributed by atoms with Gasteiger partial charge in [-0.25, -0.2) is 0 Å². The zero-order valence-electron chi connectivity index (χ0n) is 9.61. The Morgan fingerprint density at radius 2 is 2.00 bits per heavy atom. The third-order valence-electron chi connectivity index (χ3n) is 2.84. The molecule has 0 aliphatic carbocycles. The summed E-state index contributed by atoms with van der Waals surface area (Å²) in [6.45, 7) is 12.1. The van der Waals surface area contributed by atoms with E-state index in [9.17, 15) is 0 Å². The van der Waals surface area contributed by atoms with Crippen LogP contribution in [0, 0.1) is 5.92 Å². The van der Waals surface area contributed by atoms with Gasteiger partial charge in [0.05, 0.1) is 13.2 Å². The Morgan fingerprint density at radius 3 is 2.53 bits per heavy atom. The first-order valence-corrected chi connectivity index (χ1v) is 5.51. The van der Waals surface area contributed by atoms with Gasteiger partial charge in [0.1, 0.15) is 0 Å². The molecule has 1 fully saturated rings. The molecule has 0 amide bonds. The minimum atomic E-state index is 0.488. The normalized spacial score (nSPS) is 25.7. The Labute approximate surface area is 92.8 Å². The fraction of sp³-hybridized carbons (Fsp3) is 0.667. The predicted molar refractivity (Wildman–Crippen MR) is 64.0 cm³/mol. The smallest absolute Gasteiger partial charge is 0.0623 e. The molecule has 1 N–H and O–H groups in total. The van der Waals surface area contributed by atoms with Gasteiger partial charge in [0.25, 0.3) is 0 Å². The largest absolute Gasteiger partial charge is 0.379 e. The van der Waals surface area contributed by atoms with Gasteiger partial charge in [-0.3, -0.25) is 4.90 Å². The van der Waals surface area contributed by atoms with Crippen molar-refractivity contribution < 1.29 is 4.74 Å². The van der Waals surface area contributed by atoms with Crippen molar-refractivity contribution in [2.24, 2.45) is 5.92 Å². The molecule has 2 atom stereocenters. The minimum Gasteiger partial charge on any atom is -0.379 e. The monoisotopic (exact) mass is 210 g/mol. The second-order valence-corrected chi connectivity index (χ2v) is 3.99. The van der Waals surface area contributed by atoms with Crippen LogP contribution in [-0.4, -0.2) is 50.8 Å². The lowest BCUT2D eigenvalue weighted by molar-refractivity contribution is 0.173. The summed E-state index contributed by atoms with van der Waals surface area (Å²) >= 11 is 0. The van der Waals surface area contributed by atoms with Gasteiger partial charge in [0.15, 0.2) is 0 Å². The number of hydrogen-bond donors (Lipinski definition) is 1. The van der Waals surface area contributed by atoms with Crippen molar-refractivity contribution in [3.8, 4) is 0 Å². The number of hydrogen-bond acceptors (Lipinski definition) is 3. The zero-order chi connectivity index (χ0) is 11.1. The highest BCUT2D eigenvalue weighted by atomic mass is 16.5. The van der Waals surface area contributed by atoms with Crippen LogP contribution in [-0.2, 0) is 4.74 Å². The molecule has 3 heteroatoms. The average Bonchev–Trinajstić information content (AvgIpc) is 2.66. The maximum atomic E-state index is 5.48. The Bertz CT molecular complexity index is 196. The second-order valence-electron chi connectivity index (χ2n) is 3.99. The van der Waals surface area contributed by atoms with Crippen LogP contribution in [0.5, 0.6) is 0 Å². The van der Waals surface area contributed by atoms with Gasteiger partial charge in [-0.15, -0.1) is 13.2 Å². The average molecular weight is 210 g/mol. The Kier molecular flexibility index (Phi) is 5.61. The van der Waals surface area contributed by atoms with Gasteiger partial charge in [-0.2, -0.15) is 0 Å². The SMILES string of the molecule is C=CCN(CC=C)CC1COCC1NC. The van der Waals surface area contributed by atoms with Crippen molar-refractivity contribution in [1.82, 2.24) is 10.2 Å². The van der Waals surface area contributed by atoms with Gasteiger partial charge in [0.2, 0.25) is 0 Å². The molecule has 0 radical (unpaired) electrons. The summed E-state index contributed by atoms with van der Waals surface area (Å²) in [5.41, 5.74) is 0. The molecule has 0 spiro atoms. The molecule has 15 heavy (non-hydrogen) atoms. The first kappa shape index (κ1) is 12.4. The Hall–Kier alpha value is -0.640. The van der Waals surface area contributed by atoms with Crippen molar-refractivity contribution in [3.63, 3.8) is 0 Å². The third kappa shape index (κ3) is 3.78. The first-order valence-electron chi connectivity index (χ1n) is 5.51. The van der Waals surface area contributed by atoms with E-state index in [4.69, 9.17) is 4.74 Å². The van der Waals surface area contributed by atoms with E-state index in [1.807, 2.05) is 19.2 Å². The minimum absolute atomic E-state index is 0.488. The molecule has 1 saturated heterocycles. The summed E-state index contributed by atoms with van der Waals surface area (Å²) in [4.78, 5) is 2.34. The van der Waals surface area contributed by atoms with E-state index in [2.05, 4.69) is 23.4 Å². The Morgan fingerprint density at radius 1 is 1.33 bits per heavy atom. The van der Waals surface area contributed by atoms with Crippen molar-refractivity contribution in [3.05, 3.63) is 25.3 Å². The van der Waals surface area contributed by atoms with Gasteiger partial charge >= 0.3 is 0 Å². The lowest BCUT2D eigenvalue weighted by Gasteiger charge is -2.25. The van der Waals surface area contributed by atoms with Crippen LogP contribution in [0.1, 0.15) is 0 Å². The molecule has 2 unspecified atom stereocenters. The summed E-state index contributed by atoms with van der Waals surface area (Å²) in [5.74, 6) is 0.579. The van der Waals surface area contributed by atoms with Crippen LogP contribution in [0.4, 0.5) is 0 Å². The Balaban J connectivity index is 2.41. The summed E-state index contributed by atoms with van der Waals surface area (Å²) in [6, 6.07) is 0.488. The zero-order valence-corrected chi connectivity index (χ0v) is 9.61. The van der Waals surface area contributed by atoms with Crippen LogP contribution in [0.25, 0.3) is 0 Å². The van der Waals surface area contributed by atoms with Gasteiger partial charge in [-0.1, -0.05) is 12.2 Å². The van der Waals surface area contributed by atoms with E-state index in [1.54, 1.807) is 0 Å². The van der Waals surface area contributed by atoms with Crippen molar-refractivity contribution in [2.45, 2.75) is 6.04 Å². The molecule has 0 aromatic rings. The summed E-state index contributed by atoms with van der Waals surface area (Å²) in [7, 11) is 2.00. The number of rotatable bonds is 7. The lowest BCUT2D eigenvalue weighted by atomic mass is 10.0. The molecule has 1 heterocycles. The molecule has 1 aliphatic heterocycles. The topological polar surface area (TPSA) is 24.5 Å². The molecule has 3 nitrogen and oxygen atoms in total. The molecular formula is C12H22N2O. The number of ether oxygens (including phenoxy) is 1. The van der Waals surface area contributed by atoms with Crippen LogP contribution >= 0.6 is 0 Å². The molecule has 0 saturated carbocycles. The van der Waals surface area contributed by atoms with E-state index >= 15 is 0 Å². The van der Waals surface area contributed by atoms with E-state index in [1.165, 1.54) is 0 Å². The maximum absolute atomic E-state index is 5.48. The maximum Gasteiger partial charge on any atom is 0.0623 e. The predicted octanol–water partition coefficient (Wildman–Crippen LogP) is 0.895. The highest BCUT2D eigenvalue weighted by molar-refractivity contribution is 4.86. The van der Waals surface area contributed by atoms with Crippen molar-refractivity contribution in [2.75, 3.05) is 39.9 Å². The fourth-order valence-electron chi connectivity index (χ4n) is 2.02. The van der Waals surface area contributed by atoms with E-state index in [-0.39, 0.29) is 0 Å². The van der Waals surface area contributed by atoms with Crippen molar-refractivity contribution in [1.29, 1.82) is 0 Å². The fourth-order valence-corrected chi connectivity index (χ4v) is 2.02. The van der Waals surface area contributed by atoms with Gasteiger partial charge in [-0.05, 0) is 7.05 Å². The van der Waals surface area contributed by atoms with E-state index in [0.29, 0.717) is 12.0 Å². The van der Waals surface area contributed by atoms with Crippen LogP contribution in [0.3, 0.4) is 0 Å². The van der Waals surface area contributed by atoms with E-state index < -0.39 is 0 Å². The van der Waals surface area contributed by atoms with Crippen LogP contribution in [0.2, 0.25) is 0 Å². The molecule has 0 aromatic heterocycles. The highest BCUT2D eigenvalue weighted by Crippen LogP contribution is 2.14.